The highest BCUT2D eigenvalue weighted by molar-refractivity contribution is 7.12. The number of hydrogen-bond donors (Lipinski definition) is 1. The third-order valence-corrected chi connectivity index (χ3v) is 5.49. The minimum atomic E-state index is -0.629. The molecule has 0 aliphatic rings. The fourth-order valence-corrected chi connectivity index (χ4v) is 3.73. The van der Waals surface area contributed by atoms with Crippen LogP contribution in [0.5, 0.6) is 0 Å². The highest BCUT2D eigenvalue weighted by Crippen LogP contribution is 2.18. The Labute approximate surface area is 178 Å². The van der Waals surface area contributed by atoms with Crippen LogP contribution in [0, 0.1) is 13.8 Å². The number of ketones is 1. The van der Waals surface area contributed by atoms with Crippen LogP contribution in [0.15, 0.2) is 60.5 Å². The lowest BCUT2D eigenvalue weighted by Crippen LogP contribution is -2.16. The van der Waals surface area contributed by atoms with E-state index in [0.717, 1.165) is 11.4 Å². The molecule has 0 aliphatic heterocycles. The van der Waals surface area contributed by atoms with Crippen molar-refractivity contribution in [2.75, 3.05) is 11.9 Å². The summed E-state index contributed by atoms with van der Waals surface area (Å²) in [5, 5.41) is 4.56. The molecule has 1 amide bonds. The summed E-state index contributed by atoms with van der Waals surface area (Å²) in [5.41, 5.74) is 3.01. The second-order valence-electron chi connectivity index (χ2n) is 6.70. The molecular formula is C23H22N2O4S. The number of benzene rings is 1. The van der Waals surface area contributed by atoms with Crippen LogP contribution in [-0.2, 0) is 11.3 Å². The third kappa shape index (κ3) is 4.75. The standard InChI is InChI=1S/C23H22N2O4S/c1-4-10-25-15(2)12-19(16(25)3)20(26)14-29-23(28)17-7-5-8-18(13-17)24-22(27)21-9-6-11-30-21/h4-9,11-13H,1,10,14H2,2-3H3,(H,24,27). The summed E-state index contributed by atoms with van der Waals surface area (Å²) in [6.07, 6.45) is 1.76. The van der Waals surface area contributed by atoms with Gasteiger partial charge in [-0.1, -0.05) is 18.2 Å². The first kappa shape index (κ1) is 21.3. The number of nitrogens with zero attached hydrogens (tertiary/aromatic N) is 1. The SMILES string of the molecule is C=CCn1c(C)cc(C(=O)COC(=O)c2cccc(NC(=O)c3cccs3)c2)c1C. The van der Waals surface area contributed by atoms with Crippen LogP contribution >= 0.6 is 11.3 Å². The minimum Gasteiger partial charge on any atom is -0.454 e. The van der Waals surface area contributed by atoms with Gasteiger partial charge in [0.25, 0.3) is 5.91 Å². The van der Waals surface area contributed by atoms with Crippen LogP contribution in [0.4, 0.5) is 5.69 Å². The maximum Gasteiger partial charge on any atom is 0.338 e. The molecule has 0 unspecified atom stereocenters. The van der Waals surface area contributed by atoms with Crippen molar-refractivity contribution in [1.29, 1.82) is 0 Å². The molecule has 2 heterocycles. The van der Waals surface area contributed by atoms with E-state index in [2.05, 4.69) is 11.9 Å². The Bertz CT molecular complexity index is 1100. The average molecular weight is 423 g/mol. The van der Waals surface area contributed by atoms with E-state index in [9.17, 15) is 14.4 Å². The molecule has 6 nitrogen and oxygen atoms in total. The van der Waals surface area contributed by atoms with Crippen molar-refractivity contribution < 1.29 is 19.1 Å². The summed E-state index contributed by atoms with van der Waals surface area (Å²) in [5.74, 6) is -1.15. The molecule has 1 N–H and O–H groups in total. The Morgan fingerprint density at radius 1 is 1.17 bits per heavy atom. The molecule has 0 bridgehead atoms. The molecule has 7 heteroatoms. The van der Waals surface area contributed by atoms with Gasteiger partial charge in [0.15, 0.2) is 6.61 Å². The number of thiophene rings is 1. The van der Waals surface area contributed by atoms with Crippen LogP contribution in [0.1, 0.15) is 41.8 Å². The normalized spacial score (nSPS) is 10.5. The lowest BCUT2D eigenvalue weighted by Gasteiger charge is -2.08. The Hall–Kier alpha value is -3.45. The van der Waals surface area contributed by atoms with Crippen LogP contribution in [0.3, 0.4) is 0 Å². The van der Waals surface area contributed by atoms with Crippen molar-refractivity contribution in [2.24, 2.45) is 0 Å². The number of carbonyl (C=O) groups excluding carboxylic acids is 3. The predicted molar refractivity (Wildman–Crippen MR) is 117 cm³/mol. The maximum absolute atomic E-state index is 12.5. The van der Waals surface area contributed by atoms with Gasteiger partial charge in [-0.25, -0.2) is 4.79 Å². The smallest absolute Gasteiger partial charge is 0.338 e. The van der Waals surface area contributed by atoms with Gasteiger partial charge < -0.3 is 14.6 Å². The molecule has 1 aromatic carbocycles. The molecule has 0 fully saturated rings. The van der Waals surface area contributed by atoms with Gasteiger partial charge in [0, 0.05) is 29.2 Å². The molecule has 0 radical (unpaired) electrons. The summed E-state index contributed by atoms with van der Waals surface area (Å²) >= 11 is 1.33. The van der Waals surface area contributed by atoms with E-state index in [1.165, 1.54) is 17.4 Å². The molecule has 0 spiro atoms. The molecule has 2 aromatic heterocycles. The minimum absolute atomic E-state index is 0.249. The van der Waals surface area contributed by atoms with E-state index < -0.39 is 5.97 Å². The molecule has 0 aliphatic carbocycles. The van der Waals surface area contributed by atoms with Gasteiger partial charge in [-0.3, -0.25) is 9.59 Å². The second-order valence-corrected chi connectivity index (χ2v) is 7.64. The van der Waals surface area contributed by atoms with Crippen molar-refractivity contribution in [1.82, 2.24) is 4.57 Å². The number of carbonyl (C=O) groups is 3. The Balaban J connectivity index is 1.64. The number of aryl methyl sites for hydroxylation is 1. The zero-order chi connectivity index (χ0) is 21.7. The van der Waals surface area contributed by atoms with E-state index in [0.29, 0.717) is 22.7 Å². The van der Waals surface area contributed by atoms with E-state index in [1.54, 1.807) is 42.5 Å². The van der Waals surface area contributed by atoms with Crippen molar-refractivity contribution in [2.45, 2.75) is 20.4 Å². The number of hydrogen-bond acceptors (Lipinski definition) is 5. The number of nitrogens with one attached hydrogen (secondary N) is 1. The molecule has 154 valence electrons. The van der Waals surface area contributed by atoms with Gasteiger partial charge in [-0.2, -0.15) is 0 Å². The monoisotopic (exact) mass is 422 g/mol. The predicted octanol–water partition coefficient (Wildman–Crippen LogP) is 4.64. The first-order chi connectivity index (χ1) is 14.4. The summed E-state index contributed by atoms with van der Waals surface area (Å²) in [6.45, 7) is 7.74. The fraction of sp³-hybridized carbons (Fsp3) is 0.174. The highest BCUT2D eigenvalue weighted by Gasteiger charge is 2.18. The van der Waals surface area contributed by atoms with Crippen molar-refractivity contribution >= 4 is 34.7 Å². The number of anilines is 1. The number of aromatic nitrogens is 1. The third-order valence-electron chi connectivity index (χ3n) is 4.62. The van der Waals surface area contributed by atoms with Gasteiger partial charge >= 0.3 is 5.97 Å². The Kier molecular flexibility index (Phi) is 6.64. The van der Waals surface area contributed by atoms with Crippen LogP contribution < -0.4 is 5.32 Å². The van der Waals surface area contributed by atoms with E-state index >= 15 is 0 Å². The summed E-state index contributed by atoms with van der Waals surface area (Å²) in [4.78, 5) is 37.7. The average Bonchev–Trinajstić information content (AvgIpc) is 3.37. The molecule has 0 saturated carbocycles. The van der Waals surface area contributed by atoms with E-state index in [-0.39, 0.29) is 23.9 Å². The van der Waals surface area contributed by atoms with Gasteiger partial charge in [0.1, 0.15) is 0 Å². The van der Waals surface area contributed by atoms with Crippen molar-refractivity contribution in [3.05, 3.63) is 87.9 Å². The van der Waals surface area contributed by atoms with Crippen LogP contribution in [-0.4, -0.2) is 28.8 Å². The number of Topliss-reactive ketones (excluding diaryl/α,β-unsaturated/α-hetero) is 1. The maximum atomic E-state index is 12.5. The molecule has 3 rings (SSSR count). The Morgan fingerprint density at radius 2 is 1.97 bits per heavy atom. The first-order valence-electron chi connectivity index (χ1n) is 9.33. The van der Waals surface area contributed by atoms with Gasteiger partial charge in [0.2, 0.25) is 5.78 Å². The van der Waals surface area contributed by atoms with Gasteiger partial charge in [-0.05, 0) is 49.6 Å². The molecular weight excluding hydrogens is 400 g/mol. The quantitative estimate of drug-likeness (QED) is 0.326. The summed E-state index contributed by atoms with van der Waals surface area (Å²) in [6, 6.07) is 11.7. The zero-order valence-corrected chi connectivity index (χ0v) is 17.6. The number of amides is 1. The van der Waals surface area contributed by atoms with Crippen LogP contribution in [0.2, 0.25) is 0 Å². The molecule has 30 heavy (non-hydrogen) atoms. The number of allylic oxidation sites excluding steroid dienone is 1. The molecule has 0 atom stereocenters. The topological polar surface area (TPSA) is 77.4 Å². The van der Waals surface area contributed by atoms with E-state index in [1.807, 2.05) is 23.8 Å². The first-order valence-corrected chi connectivity index (χ1v) is 10.2. The number of ether oxygens (including phenoxy) is 1. The van der Waals surface area contributed by atoms with Gasteiger partial charge in [0.05, 0.1) is 10.4 Å². The lowest BCUT2D eigenvalue weighted by molar-refractivity contribution is 0.0474. The van der Waals surface area contributed by atoms with Gasteiger partial charge in [-0.15, -0.1) is 17.9 Å². The van der Waals surface area contributed by atoms with Crippen molar-refractivity contribution in [3.8, 4) is 0 Å². The van der Waals surface area contributed by atoms with Crippen molar-refractivity contribution in [3.63, 3.8) is 0 Å². The fourth-order valence-electron chi connectivity index (χ4n) is 3.11. The summed E-state index contributed by atoms with van der Waals surface area (Å²) in [7, 11) is 0. The molecule has 3 aromatic rings. The summed E-state index contributed by atoms with van der Waals surface area (Å²) < 4.78 is 7.19. The zero-order valence-electron chi connectivity index (χ0n) is 16.8. The number of rotatable bonds is 8. The lowest BCUT2D eigenvalue weighted by atomic mass is 10.1. The Morgan fingerprint density at radius 3 is 2.67 bits per heavy atom. The second kappa shape index (κ2) is 9.37. The highest BCUT2D eigenvalue weighted by atomic mass is 32.1. The number of esters is 1. The molecule has 0 saturated heterocycles. The largest absolute Gasteiger partial charge is 0.454 e. The van der Waals surface area contributed by atoms with E-state index in [4.69, 9.17) is 4.74 Å². The van der Waals surface area contributed by atoms with Crippen LogP contribution in [0.25, 0.3) is 0 Å².